The summed E-state index contributed by atoms with van der Waals surface area (Å²) >= 11 is 0.977. The van der Waals surface area contributed by atoms with Crippen molar-refractivity contribution in [3.63, 3.8) is 0 Å². The summed E-state index contributed by atoms with van der Waals surface area (Å²) in [5, 5.41) is 46.4. The van der Waals surface area contributed by atoms with Crippen molar-refractivity contribution in [3.05, 3.63) is 47.7 Å². The average Bonchev–Trinajstić information content (AvgIpc) is 3.39. The number of hydroxylamine groups is 2. The Bertz CT molecular complexity index is 1380. The fourth-order valence-corrected chi connectivity index (χ4v) is 3.95. The molecule has 0 saturated carbocycles. The average molecular weight is 451 g/mol. The summed E-state index contributed by atoms with van der Waals surface area (Å²) in [6.07, 6.45) is 0. The number of nitrogens with one attached hydrogen (secondary N) is 2. The molecule has 5 N–H and O–H groups in total. The first-order valence-corrected chi connectivity index (χ1v) is 10.4. The van der Waals surface area contributed by atoms with Crippen molar-refractivity contribution in [3.8, 4) is 28.6 Å². The summed E-state index contributed by atoms with van der Waals surface area (Å²) in [6, 6.07) is 12.7. The summed E-state index contributed by atoms with van der Waals surface area (Å²) in [7, 11) is 1.21. The highest BCUT2D eigenvalue weighted by atomic mass is 32.2. The Kier molecular flexibility index (Phi) is 5.45. The van der Waals surface area contributed by atoms with Crippen LogP contribution in [-0.4, -0.2) is 54.5 Å². The lowest BCUT2D eigenvalue weighted by Gasteiger charge is -2.17. The predicted molar refractivity (Wildman–Crippen MR) is 118 cm³/mol. The number of carboxylic acid groups (broad SMARTS) is 1. The van der Waals surface area contributed by atoms with Crippen molar-refractivity contribution in [2.24, 2.45) is 0 Å². The largest absolute Gasteiger partial charge is 0.481 e. The number of hydrogen-bond donors (Lipinski definition) is 5. The van der Waals surface area contributed by atoms with Gasteiger partial charge in [-0.1, -0.05) is 17.8 Å². The maximum absolute atomic E-state index is 10.8. The molecule has 0 bridgehead atoms. The van der Waals surface area contributed by atoms with Crippen molar-refractivity contribution in [1.82, 2.24) is 25.0 Å². The number of fused-ring (bicyclic) bond motifs is 1. The van der Waals surface area contributed by atoms with Gasteiger partial charge in [-0.25, -0.2) is 4.98 Å². The number of nitriles is 1. The molecule has 2 aromatic carbocycles. The number of aryl methyl sites for hydroxylation is 1. The van der Waals surface area contributed by atoms with Crippen molar-refractivity contribution < 1.29 is 20.3 Å². The topological polar surface area (TPSA) is 159 Å². The molecule has 162 valence electrons. The first-order valence-electron chi connectivity index (χ1n) is 9.43. The van der Waals surface area contributed by atoms with Gasteiger partial charge in [0.1, 0.15) is 18.8 Å². The van der Waals surface area contributed by atoms with Crippen LogP contribution in [0.4, 0.5) is 5.69 Å². The number of thioether (sulfide) groups is 1. The number of nitrogens with zero attached hydrogens (tertiary/aromatic N) is 4. The van der Waals surface area contributed by atoms with E-state index in [-0.39, 0.29) is 16.6 Å². The lowest BCUT2D eigenvalue weighted by Crippen LogP contribution is -2.36. The summed E-state index contributed by atoms with van der Waals surface area (Å²) < 4.78 is 0. The minimum atomic E-state index is -1.39. The number of benzene rings is 2. The quantitative estimate of drug-likeness (QED) is 0.169. The Morgan fingerprint density at radius 3 is 2.66 bits per heavy atom. The molecule has 10 nitrogen and oxygen atoms in total. The zero-order chi connectivity index (χ0) is 23.0. The molecule has 0 radical (unpaired) electrons. The maximum atomic E-state index is 10.8. The van der Waals surface area contributed by atoms with E-state index in [1.54, 1.807) is 18.2 Å². The minimum Gasteiger partial charge on any atom is -0.481 e. The van der Waals surface area contributed by atoms with Crippen molar-refractivity contribution in [2.75, 3.05) is 12.8 Å². The highest BCUT2D eigenvalue weighted by molar-refractivity contribution is 7.99. The lowest BCUT2D eigenvalue weighted by molar-refractivity contribution is -0.272. The van der Waals surface area contributed by atoms with Gasteiger partial charge in [-0.15, -0.1) is 5.10 Å². The van der Waals surface area contributed by atoms with E-state index in [1.165, 1.54) is 7.05 Å². The van der Waals surface area contributed by atoms with Crippen LogP contribution < -0.4 is 4.81 Å². The summed E-state index contributed by atoms with van der Waals surface area (Å²) in [6.45, 7) is 1.93. The number of aromatic nitrogens is 4. The van der Waals surface area contributed by atoms with Crippen LogP contribution in [0.1, 0.15) is 11.3 Å². The van der Waals surface area contributed by atoms with Gasteiger partial charge in [0.25, 0.3) is 0 Å². The fourth-order valence-electron chi connectivity index (χ4n) is 3.44. The molecule has 0 amide bonds. The van der Waals surface area contributed by atoms with E-state index in [9.17, 15) is 20.5 Å². The number of aliphatic carboxylic acids is 1. The van der Waals surface area contributed by atoms with E-state index >= 15 is 0 Å². The second-order valence-electron chi connectivity index (χ2n) is 7.32. The SMILES string of the molecule is Cc1c(-c2cc(-c3nc(SCC(=O)O)n[nH]3)cc([N+](C)(O)O)c2)ccc2[nH]c(C#N)cc12. The molecule has 0 fully saturated rings. The summed E-state index contributed by atoms with van der Waals surface area (Å²) in [5.41, 5.74) is 4.50. The molecule has 0 unspecified atom stereocenters. The highest BCUT2D eigenvalue weighted by Crippen LogP contribution is 2.36. The number of H-pyrrole nitrogens is 2. The first kappa shape index (κ1) is 21.5. The Morgan fingerprint density at radius 1 is 1.22 bits per heavy atom. The molecule has 0 aliphatic rings. The van der Waals surface area contributed by atoms with E-state index in [0.717, 1.165) is 33.8 Å². The highest BCUT2D eigenvalue weighted by Gasteiger charge is 2.23. The molecule has 0 saturated heterocycles. The normalized spacial score (nSPS) is 11.6. The van der Waals surface area contributed by atoms with E-state index in [4.69, 9.17) is 5.11 Å². The van der Waals surface area contributed by atoms with Crippen LogP contribution in [0.25, 0.3) is 33.4 Å². The van der Waals surface area contributed by atoms with Gasteiger partial charge in [-0.2, -0.15) is 15.7 Å². The molecule has 4 aromatic rings. The van der Waals surface area contributed by atoms with Gasteiger partial charge in [0.05, 0.1) is 5.75 Å². The third kappa shape index (κ3) is 4.20. The van der Waals surface area contributed by atoms with Gasteiger partial charge in [0, 0.05) is 28.6 Å². The fraction of sp³-hybridized carbons (Fsp3) is 0.143. The number of carboxylic acids is 1. The zero-order valence-corrected chi connectivity index (χ0v) is 17.9. The van der Waals surface area contributed by atoms with Crippen molar-refractivity contribution in [1.29, 1.82) is 5.26 Å². The van der Waals surface area contributed by atoms with E-state index < -0.39 is 10.8 Å². The standard InChI is InChI=1S/C21H18N6O4S/c1-11-16(3-4-18-17(11)8-14(9-22)23-18)12-5-13(7-15(6-12)27(2,30)31)20-24-21(26-25-20)32-10-19(28)29/h3-8,23,30-31H,10H2,1-2H3,(H-,24,25,26,28,29)/p+1. The van der Waals surface area contributed by atoms with Gasteiger partial charge < -0.3 is 10.1 Å². The number of carbonyl (C=O) groups is 1. The Balaban J connectivity index is 1.83. The number of quaternary nitrogens is 1. The molecule has 0 aliphatic heterocycles. The molecular formula is C21H19N6O4S+. The second kappa shape index (κ2) is 8.10. The van der Waals surface area contributed by atoms with Crippen LogP contribution >= 0.6 is 11.8 Å². The maximum Gasteiger partial charge on any atom is 0.313 e. The summed E-state index contributed by atoms with van der Waals surface area (Å²) in [4.78, 5) is 16.8. The monoisotopic (exact) mass is 451 g/mol. The third-order valence-corrected chi connectivity index (χ3v) is 5.81. The molecular weight excluding hydrogens is 432 g/mol. The van der Waals surface area contributed by atoms with Crippen LogP contribution in [0.15, 0.2) is 41.6 Å². The van der Waals surface area contributed by atoms with Gasteiger partial charge in [-0.05, 0) is 46.6 Å². The molecule has 0 spiro atoms. The number of rotatable bonds is 6. The minimum absolute atomic E-state index is 0.175. The van der Waals surface area contributed by atoms with Gasteiger partial charge in [-0.3, -0.25) is 9.89 Å². The van der Waals surface area contributed by atoms with E-state index in [2.05, 4.69) is 26.2 Å². The van der Waals surface area contributed by atoms with E-state index in [1.807, 2.05) is 25.1 Å². The Morgan fingerprint density at radius 2 is 1.97 bits per heavy atom. The second-order valence-corrected chi connectivity index (χ2v) is 8.27. The van der Waals surface area contributed by atoms with Crippen LogP contribution in [0.2, 0.25) is 0 Å². The Labute approximate surface area is 186 Å². The van der Waals surface area contributed by atoms with Gasteiger partial charge in [0.15, 0.2) is 11.5 Å². The van der Waals surface area contributed by atoms with Crippen LogP contribution in [0, 0.1) is 18.3 Å². The molecule has 11 heteroatoms. The predicted octanol–water partition coefficient (Wildman–Crippen LogP) is 3.69. The Hall–Kier alpha value is -3.69. The van der Waals surface area contributed by atoms with Gasteiger partial charge in [0.2, 0.25) is 5.16 Å². The molecule has 32 heavy (non-hydrogen) atoms. The molecule has 2 heterocycles. The first-order chi connectivity index (χ1) is 15.2. The van der Waals surface area contributed by atoms with Gasteiger partial charge >= 0.3 is 5.97 Å². The van der Waals surface area contributed by atoms with Crippen LogP contribution in [-0.2, 0) is 4.79 Å². The smallest absolute Gasteiger partial charge is 0.313 e. The van der Waals surface area contributed by atoms with Crippen LogP contribution in [0.5, 0.6) is 0 Å². The number of aromatic amines is 2. The zero-order valence-electron chi connectivity index (χ0n) is 17.1. The lowest BCUT2D eigenvalue weighted by atomic mass is 9.95. The molecule has 4 rings (SSSR count). The molecule has 0 atom stereocenters. The molecule has 2 aromatic heterocycles. The van der Waals surface area contributed by atoms with E-state index in [0.29, 0.717) is 22.6 Å². The van der Waals surface area contributed by atoms with Crippen molar-refractivity contribution >= 4 is 34.3 Å². The van der Waals surface area contributed by atoms with Crippen LogP contribution in [0.3, 0.4) is 0 Å². The van der Waals surface area contributed by atoms with Crippen molar-refractivity contribution in [2.45, 2.75) is 12.1 Å². The summed E-state index contributed by atoms with van der Waals surface area (Å²) in [5.74, 6) is -0.790. The number of hydrogen-bond acceptors (Lipinski definition) is 7. The molecule has 0 aliphatic carbocycles. The third-order valence-electron chi connectivity index (χ3n) is 4.97.